The molecule has 0 aliphatic carbocycles. The van der Waals surface area contributed by atoms with Crippen molar-refractivity contribution in [3.05, 3.63) is 0 Å². The van der Waals surface area contributed by atoms with Crippen LogP contribution in [-0.2, 0) is 14.3 Å². The number of hydrogen-bond donors (Lipinski definition) is 0. The molecule has 0 aromatic rings. The van der Waals surface area contributed by atoms with Gasteiger partial charge in [0, 0.05) is 6.54 Å². The zero-order valence-corrected chi connectivity index (χ0v) is 18.4. The van der Waals surface area contributed by atoms with Crippen LogP contribution in [0.25, 0.3) is 0 Å². The molecule has 1 fully saturated rings. The van der Waals surface area contributed by atoms with Gasteiger partial charge >= 0.3 is 12.1 Å². The molecule has 0 spiro atoms. The first-order valence-electron chi connectivity index (χ1n) is 11.8. The predicted molar refractivity (Wildman–Crippen MR) is 113 cm³/mol. The number of carbonyl (C=O) groups excluding carboxylic acids is 2. The number of carbonyl (C=O) groups is 2. The van der Waals surface area contributed by atoms with Crippen LogP contribution in [0.15, 0.2) is 0 Å². The summed E-state index contributed by atoms with van der Waals surface area (Å²) in [4.78, 5) is 26.4. The molecule has 0 N–H and O–H groups in total. The van der Waals surface area contributed by atoms with Crippen LogP contribution in [0.5, 0.6) is 0 Å². The Morgan fingerprint density at radius 2 is 1.29 bits per heavy atom. The lowest BCUT2D eigenvalue weighted by Crippen LogP contribution is -2.49. The first-order valence-corrected chi connectivity index (χ1v) is 11.8. The van der Waals surface area contributed by atoms with Crippen molar-refractivity contribution < 1.29 is 19.1 Å². The molecule has 5 nitrogen and oxygen atoms in total. The molecule has 1 rings (SSSR count). The fourth-order valence-corrected chi connectivity index (χ4v) is 3.67. The Kier molecular flexibility index (Phi) is 14.8. The predicted octanol–water partition coefficient (Wildman–Crippen LogP) is 6.24. The average Bonchev–Trinajstić information content (AvgIpc) is 2.72. The second-order valence-corrected chi connectivity index (χ2v) is 8.02. The van der Waals surface area contributed by atoms with Crippen molar-refractivity contribution in [1.29, 1.82) is 0 Å². The number of hydrogen-bond acceptors (Lipinski definition) is 4. The molecule has 0 radical (unpaired) electrons. The first-order chi connectivity index (χ1) is 13.7. The highest BCUT2D eigenvalue weighted by atomic mass is 16.6. The summed E-state index contributed by atoms with van der Waals surface area (Å²) in [5, 5.41) is 0. The molecule has 1 amide bonds. The lowest BCUT2D eigenvalue weighted by Gasteiger charge is -2.33. The molecular formula is C23H43NO4. The van der Waals surface area contributed by atoms with Crippen LogP contribution in [0, 0.1) is 0 Å². The van der Waals surface area contributed by atoms with Crippen molar-refractivity contribution in [2.75, 3.05) is 19.8 Å². The molecule has 1 aliphatic heterocycles. The quantitative estimate of drug-likeness (QED) is 0.242. The van der Waals surface area contributed by atoms with Gasteiger partial charge in [-0.05, 0) is 32.1 Å². The minimum Gasteiger partial charge on any atom is -0.464 e. The summed E-state index contributed by atoms with van der Waals surface area (Å²) < 4.78 is 10.9. The molecule has 1 saturated heterocycles. The Morgan fingerprint density at radius 3 is 1.93 bits per heavy atom. The number of piperidine rings is 1. The van der Waals surface area contributed by atoms with E-state index in [2.05, 4.69) is 13.8 Å². The molecular weight excluding hydrogens is 354 g/mol. The molecule has 0 bridgehead atoms. The van der Waals surface area contributed by atoms with Gasteiger partial charge in [-0.2, -0.15) is 0 Å². The Bertz CT molecular complexity index is 413. The second-order valence-electron chi connectivity index (χ2n) is 8.02. The van der Waals surface area contributed by atoms with Gasteiger partial charge in [0.05, 0.1) is 13.2 Å². The summed E-state index contributed by atoms with van der Waals surface area (Å²) >= 11 is 0. The van der Waals surface area contributed by atoms with E-state index >= 15 is 0 Å². The highest BCUT2D eigenvalue weighted by Crippen LogP contribution is 2.20. The van der Waals surface area contributed by atoms with Crippen molar-refractivity contribution in [3.63, 3.8) is 0 Å². The third-order valence-electron chi connectivity index (χ3n) is 5.48. The van der Waals surface area contributed by atoms with Gasteiger partial charge < -0.3 is 9.47 Å². The van der Waals surface area contributed by atoms with Gasteiger partial charge in [0.2, 0.25) is 0 Å². The Hall–Kier alpha value is -1.26. The van der Waals surface area contributed by atoms with E-state index < -0.39 is 6.04 Å². The maximum atomic E-state index is 12.5. The number of amides is 1. The third-order valence-corrected chi connectivity index (χ3v) is 5.48. The minimum atomic E-state index is -0.467. The van der Waals surface area contributed by atoms with E-state index in [1.807, 2.05) is 0 Å². The van der Waals surface area contributed by atoms with E-state index in [-0.39, 0.29) is 12.1 Å². The van der Waals surface area contributed by atoms with E-state index in [0.717, 1.165) is 51.4 Å². The van der Waals surface area contributed by atoms with Gasteiger partial charge in [-0.1, -0.05) is 78.1 Å². The smallest absolute Gasteiger partial charge is 0.410 e. The molecule has 1 heterocycles. The van der Waals surface area contributed by atoms with Gasteiger partial charge in [0.1, 0.15) is 6.04 Å². The highest BCUT2D eigenvalue weighted by Gasteiger charge is 2.34. The summed E-state index contributed by atoms with van der Waals surface area (Å²) in [6.07, 6.45) is 16.2. The molecule has 0 aromatic carbocycles. The zero-order chi connectivity index (χ0) is 20.5. The van der Waals surface area contributed by atoms with Crippen LogP contribution in [0.4, 0.5) is 4.79 Å². The van der Waals surface area contributed by atoms with Gasteiger partial charge in [-0.3, -0.25) is 4.90 Å². The number of nitrogens with zero attached hydrogens (tertiary/aromatic N) is 1. The van der Waals surface area contributed by atoms with Crippen LogP contribution in [-0.4, -0.2) is 42.8 Å². The van der Waals surface area contributed by atoms with E-state index in [0.29, 0.717) is 26.2 Å². The molecule has 1 aliphatic rings. The Balaban J connectivity index is 2.20. The zero-order valence-electron chi connectivity index (χ0n) is 18.4. The van der Waals surface area contributed by atoms with Crippen LogP contribution in [0.1, 0.15) is 110 Å². The summed E-state index contributed by atoms with van der Waals surface area (Å²) in [6, 6.07) is -0.467. The molecule has 28 heavy (non-hydrogen) atoms. The van der Waals surface area contributed by atoms with E-state index in [1.54, 1.807) is 4.90 Å². The fourth-order valence-electron chi connectivity index (χ4n) is 3.67. The maximum Gasteiger partial charge on any atom is 0.410 e. The Morgan fingerprint density at radius 1 is 0.750 bits per heavy atom. The largest absolute Gasteiger partial charge is 0.464 e. The molecule has 0 saturated carbocycles. The van der Waals surface area contributed by atoms with E-state index in [1.165, 1.54) is 38.5 Å². The topological polar surface area (TPSA) is 55.8 Å². The normalized spacial score (nSPS) is 16.8. The maximum absolute atomic E-state index is 12.5. The van der Waals surface area contributed by atoms with Crippen LogP contribution in [0.2, 0.25) is 0 Å². The number of rotatable bonds is 15. The van der Waals surface area contributed by atoms with Crippen molar-refractivity contribution in [3.8, 4) is 0 Å². The van der Waals surface area contributed by atoms with Gasteiger partial charge in [-0.15, -0.1) is 0 Å². The number of unbranched alkanes of at least 4 members (excludes halogenated alkanes) is 10. The molecule has 164 valence electrons. The average molecular weight is 398 g/mol. The van der Waals surface area contributed by atoms with E-state index in [4.69, 9.17) is 9.47 Å². The van der Waals surface area contributed by atoms with Crippen molar-refractivity contribution in [2.24, 2.45) is 0 Å². The third kappa shape index (κ3) is 10.9. The molecule has 5 heteroatoms. The van der Waals surface area contributed by atoms with Gasteiger partial charge in [0.25, 0.3) is 0 Å². The summed E-state index contributed by atoms with van der Waals surface area (Å²) in [7, 11) is 0. The SMILES string of the molecule is CCCCCCCCCCOC(=O)C1CCCCN1C(=O)OCCCCCC. The number of ether oxygens (including phenoxy) is 2. The van der Waals surface area contributed by atoms with Crippen LogP contribution >= 0.6 is 0 Å². The fraction of sp³-hybridized carbons (Fsp3) is 0.913. The van der Waals surface area contributed by atoms with Crippen molar-refractivity contribution in [1.82, 2.24) is 4.90 Å². The minimum absolute atomic E-state index is 0.259. The Labute approximate surface area is 172 Å². The molecule has 1 atom stereocenters. The summed E-state index contributed by atoms with van der Waals surface area (Å²) in [6.45, 7) is 5.88. The lowest BCUT2D eigenvalue weighted by molar-refractivity contribution is -0.150. The van der Waals surface area contributed by atoms with Crippen molar-refractivity contribution >= 4 is 12.1 Å². The van der Waals surface area contributed by atoms with Gasteiger partial charge in [-0.25, -0.2) is 9.59 Å². The van der Waals surface area contributed by atoms with Crippen molar-refractivity contribution in [2.45, 2.75) is 116 Å². The molecule has 0 aromatic heterocycles. The molecule has 1 unspecified atom stereocenters. The number of esters is 1. The van der Waals surface area contributed by atoms with E-state index in [9.17, 15) is 9.59 Å². The van der Waals surface area contributed by atoms with Crippen LogP contribution < -0.4 is 0 Å². The summed E-state index contributed by atoms with van der Waals surface area (Å²) in [5.41, 5.74) is 0. The monoisotopic (exact) mass is 397 g/mol. The highest BCUT2D eigenvalue weighted by molar-refractivity contribution is 5.81. The van der Waals surface area contributed by atoms with Gasteiger partial charge in [0.15, 0.2) is 0 Å². The first kappa shape index (κ1) is 24.8. The number of likely N-dealkylation sites (tertiary alicyclic amines) is 1. The second kappa shape index (κ2) is 16.7. The summed E-state index contributed by atoms with van der Waals surface area (Å²) in [5.74, 6) is -0.259. The lowest BCUT2D eigenvalue weighted by atomic mass is 10.0. The standard InChI is InChI=1S/C23H43NO4/c1-3-5-7-9-10-11-12-16-19-27-22(25)21-17-13-14-18-24(21)23(26)28-20-15-8-6-4-2/h21H,3-20H2,1-2H3. The van der Waals surface area contributed by atoms with Crippen LogP contribution in [0.3, 0.4) is 0 Å².